The second-order valence-corrected chi connectivity index (χ2v) is 36.3. The number of nitrogens with two attached hydrogens (primary N) is 1. The van der Waals surface area contributed by atoms with Crippen LogP contribution in [0, 0.1) is 17.8 Å². The molecule has 67 heavy (non-hydrogen) atoms. The Morgan fingerprint density at radius 2 is 0.910 bits per heavy atom. The van der Waals surface area contributed by atoms with Gasteiger partial charge in [0.05, 0.1) is 43.8 Å². The van der Waals surface area contributed by atoms with Crippen LogP contribution in [0.4, 0.5) is 0 Å². The summed E-state index contributed by atoms with van der Waals surface area (Å²) in [6.07, 6.45) is 17.1. The van der Waals surface area contributed by atoms with Crippen LogP contribution in [0.5, 0.6) is 0 Å². The van der Waals surface area contributed by atoms with E-state index in [-0.39, 0.29) is 180 Å². The molecule has 18 nitrogen and oxygen atoms in total. The predicted molar refractivity (Wildman–Crippen MR) is 270 cm³/mol. The normalized spacial score (nSPS) is 22.4. The minimum Gasteiger partial charge on any atom is -1.00 e. The number of sulfonamides is 3. The zero-order chi connectivity index (χ0) is 49.0. The van der Waals surface area contributed by atoms with Gasteiger partial charge in [0.15, 0.2) is 16.6 Å². The van der Waals surface area contributed by atoms with Crippen LogP contribution in [0.2, 0.25) is 36.3 Å². The Morgan fingerprint density at radius 1 is 0.627 bits per heavy atom. The number of hydrogen-bond donors (Lipinski definition) is 4. The van der Waals surface area contributed by atoms with Crippen LogP contribution in [0.3, 0.4) is 0 Å². The molecule has 3 saturated carbocycles. The summed E-state index contributed by atoms with van der Waals surface area (Å²) in [5.74, 6) is 0.615. The first kappa shape index (κ1) is 83.6. The number of nitrogens with one attached hydrogen (secondary N) is 2. The first-order valence-electron chi connectivity index (χ1n) is 21.2. The van der Waals surface area contributed by atoms with Crippen LogP contribution in [-0.2, 0) is 62.9 Å². The van der Waals surface area contributed by atoms with Gasteiger partial charge in [-0.25, -0.2) is 39.8 Å². The molecule has 3 rings (SSSR count). The zero-order valence-corrected chi connectivity index (χ0v) is 53.5. The van der Waals surface area contributed by atoms with E-state index >= 15 is 0 Å². The van der Waals surface area contributed by atoms with Crippen molar-refractivity contribution in [1.82, 2.24) is 9.44 Å². The van der Waals surface area contributed by atoms with Crippen molar-refractivity contribution in [2.24, 2.45) is 22.9 Å². The molecular weight excluding hydrogens is 1040 g/mol. The van der Waals surface area contributed by atoms with Gasteiger partial charge in [0.2, 0.25) is 30.1 Å². The van der Waals surface area contributed by atoms with Gasteiger partial charge in [-0.3, -0.25) is 8.98 Å². The average molecular weight is 1130 g/mol. The average Bonchev–Trinajstić information content (AvgIpc) is 3.08. The monoisotopic (exact) mass is 1130 g/mol. The van der Waals surface area contributed by atoms with Gasteiger partial charge in [-0.05, 0) is 86.6 Å². The maximum Gasteiger partial charge on any atom is 1.00 e. The van der Waals surface area contributed by atoms with Crippen LogP contribution in [0.1, 0.15) is 142 Å². The van der Waals surface area contributed by atoms with Crippen LogP contribution in [-0.4, -0.2) is 125 Å². The van der Waals surface area contributed by atoms with Gasteiger partial charge in [0, 0.05) is 25.1 Å². The van der Waals surface area contributed by atoms with Crippen molar-refractivity contribution >= 4 is 63.3 Å². The molecule has 26 heteroatoms. The van der Waals surface area contributed by atoms with Gasteiger partial charge in [-0.2, -0.15) is 8.42 Å². The van der Waals surface area contributed by atoms with Crippen molar-refractivity contribution in [3.63, 3.8) is 0 Å². The van der Waals surface area contributed by atoms with Crippen molar-refractivity contribution < 1.29 is 171 Å². The molecule has 0 bridgehead atoms. The number of rotatable bonds is 14. The van der Waals surface area contributed by atoms with E-state index in [2.05, 4.69) is 87.2 Å². The Hall–Kier alpha value is 2.66. The third kappa shape index (κ3) is 44.6. The van der Waals surface area contributed by atoms with Crippen LogP contribution < -0.4 is 123 Å². The van der Waals surface area contributed by atoms with Crippen molar-refractivity contribution in [3.8, 4) is 0 Å². The second-order valence-electron chi connectivity index (χ2n) is 19.8. The van der Waals surface area contributed by atoms with E-state index < -0.39 is 56.8 Å². The minimum absolute atomic E-state index is 0. The maximum atomic E-state index is 11.3. The second kappa shape index (κ2) is 38.2. The third-order valence-electron chi connectivity index (χ3n) is 11.8. The van der Waals surface area contributed by atoms with E-state index in [9.17, 15) is 38.8 Å². The summed E-state index contributed by atoms with van der Waals surface area (Å²) in [5, 5.41) is 22.7. The molecule has 0 radical (unpaired) electrons. The minimum atomic E-state index is -3.36. The van der Waals surface area contributed by atoms with E-state index in [0.29, 0.717) is 19.0 Å². The number of carbonyl (C=O) groups is 1. The molecule has 6 atom stereocenters. The smallest absolute Gasteiger partial charge is 1.00 e. The SMILES string of the molecule is C.C.C.CC(C)(C)[Si](C)(C)OC1CCCCC1CNS(C)(=O)=O.CC(C)(C)[Si](C)(C)OC1CCCCC1COS(C)(=O)=O.CS(=O)(=O)NCC1CCCCC1O.CS(N)(=O)=O.O=CO[O-].[H-].[K+].[K+]. The van der Waals surface area contributed by atoms with Crippen molar-refractivity contribution in [2.45, 2.75) is 195 Å². The van der Waals surface area contributed by atoms with Crippen LogP contribution in [0.15, 0.2) is 0 Å². The van der Waals surface area contributed by atoms with Crippen LogP contribution >= 0.6 is 0 Å². The quantitative estimate of drug-likeness (QED) is 0.0591. The van der Waals surface area contributed by atoms with Crippen molar-refractivity contribution in [3.05, 3.63) is 0 Å². The zero-order valence-electron chi connectivity index (χ0n) is 43.0. The topological polar surface area (TPSA) is 284 Å². The first-order chi connectivity index (χ1) is 27.8. The van der Waals surface area contributed by atoms with Gasteiger partial charge < -0.3 is 25.5 Å². The largest absolute Gasteiger partial charge is 1.00 e. The first-order valence-corrected chi connectivity index (χ1v) is 34.6. The molecule has 400 valence electrons. The van der Waals surface area contributed by atoms with E-state index in [1.807, 2.05) is 0 Å². The van der Waals surface area contributed by atoms with E-state index in [0.717, 1.165) is 83.0 Å². The summed E-state index contributed by atoms with van der Waals surface area (Å²) < 4.78 is 108. The Labute approximate surface area is 499 Å². The van der Waals surface area contributed by atoms with Gasteiger partial charge >= 0.3 is 103 Å². The number of aliphatic hydroxyl groups is 1. The van der Waals surface area contributed by atoms with Gasteiger partial charge in [0.25, 0.3) is 16.6 Å². The number of aliphatic hydroxyl groups excluding tert-OH is 1. The van der Waals surface area contributed by atoms with Gasteiger partial charge in [0.1, 0.15) is 0 Å². The Morgan fingerprint density at radius 3 is 1.21 bits per heavy atom. The molecule has 6 unspecified atom stereocenters. The summed E-state index contributed by atoms with van der Waals surface area (Å²) in [5.41, 5.74) is 0. The fourth-order valence-electron chi connectivity index (χ4n) is 6.35. The summed E-state index contributed by atoms with van der Waals surface area (Å²) in [6, 6.07) is 0. The number of carbonyl (C=O) groups excluding carboxylic acids is 1. The summed E-state index contributed by atoms with van der Waals surface area (Å²) >= 11 is 0. The fraction of sp³-hybridized carbons (Fsp3) is 0.976. The predicted octanol–water partition coefficient (Wildman–Crippen LogP) is 0.114. The Bertz CT molecular complexity index is 1660. The molecule has 3 aliphatic rings. The molecule has 0 amide bonds. The Balaban J connectivity index is -0.000000118. The third-order valence-corrected chi connectivity index (χ3v) is 22.8. The molecule has 3 fully saturated rings. The molecule has 0 saturated heterocycles. The number of hydrogen-bond acceptors (Lipinski definition) is 15. The summed E-state index contributed by atoms with van der Waals surface area (Å²) in [6.45, 7) is 23.4. The summed E-state index contributed by atoms with van der Waals surface area (Å²) in [4.78, 5) is 11.2. The molecule has 0 aromatic carbocycles. The van der Waals surface area contributed by atoms with Gasteiger partial charge in [-0.1, -0.05) is 102 Å². The molecule has 0 aromatic heterocycles. The van der Waals surface area contributed by atoms with Crippen LogP contribution in [0.25, 0.3) is 0 Å². The molecule has 0 spiro atoms. The number of primary sulfonamides is 1. The molecule has 0 heterocycles. The summed E-state index contributed by atoms with van der Waals surface area (Å²) in [7, 11) is -16.4. The van der Waals surface area contributed by atoms with Gasteiger partial charge in [-0.15, -0.1) is 0 Å². The van der Waals surface area contributed by atoms with E-state index in [4.69, 9.17) is 23.1 Å². The molecular formula is C41H97K2N3O15S4Si2. The molecule has 5 N–H and O–H groups in total. The van der Waals surface area contributed by atoms with E-state index in [1.165, 1.54) is 19.1 Å². The molecule has 0 aromatic rings. The standard InChI is InChI=1S/C14H31NO3SSi.C14H30O4SSi.C8H17NO3S.CH5NO2S.CH2O3.3CH4.2K.H/c1-14(2,3)20(5,6)18-13-10-8-7-9-12(13)11-15-19(4,16)17;1-14(2,3)20(5,6)18-13-10-8-7-9-12(13)11-17-19(4,15)16;1-13(11,12)9-6-7-4-2-3-5-8(7)10;1-5(2,3)4;2-1-4-3;;;;;;/h12-13,15H,7-11H2,1-6H3;12-13H,7-11H2,1-6H3;7-10H,2-6H2,1H3;1H3,(H2,2,3,4);1,3H;3*1H4;;;/q;;;;;;;;2*+1;-1/p-1. The molecule has 3 aliphatic carbocycles. The molecule has 0 aliphatic heterocycles. The maximum absolute atomic E-state index is 11.3. The van der Waals surface area contributed by atoms with Crippen molar-refractivity contribution in [1.29, 1.82) is 0 Å². The Kier molecular flexibility index (Phi) is 47.7. The fourth-order valence-corrected chi connectivity index (χ4v) is 10.6. The van der Waals surface area contributed by atoms with Crippen molar-refractivity contribution in [2.75, 3.05) is 44.7 Å². The van der Waals surface area contributed by atoms with E-state index in [1.54, 1.807) is 0 Å².